The molecule has 1 fully saturated rings. The Morgan fingerprint density at radius 3 is 2.53 bits per heavy atom. The van der Waals surface area contributed by atoms with Crippen LogP contribution in [0.15, 0.2) is 0 Å². The predicted molar refractivity (Wildman–Crippen MR) is 68.0 cm³/mol. The second-order valence-corrected chi connectivity index (χ2v) is 4.73. The van der Waals surface area contributed by atoms with Crippen LogP contribution >= 0.6 is 0 Å². The van der Waals surface area contributed by atoms with Gasteiger partial charge in [0.25, 0.3) is 0 Å². The van der Waals surface area contributed by atoms with Crippen LogP contribution in [0.5, 0.6) is 0 Å². The maximum absolute atomic E-state index is 12.0. The molecule has 0 aromatic rings. The highest BCUT2D eigenvalue weighted by Crippen LogP contribution is 2.05. The standard InChI is InChI=1S/C12H25N3O2/c1-10(11(2)17-4)14(3)9-12(16)15-7-5-13-6-8-15/h10-11,13H,5-9H2,1-4H3. The van der Waals surface area contributed by atoms with Gasteiger partial charge in [0.1, 0.15) is 0 Å². The van der Waals surface area contributed by atoms with Gasteiger partial charge in [-0.25, -0.2) is 0 Å². The topological polar surface area (TPSA) is 44.8 Å². The zero-order chi connectivity index (χ0) is 12.8. The van der Waals surface area contributed by atoms with E-state index >= 15 is 0 Å². The van der Waals surface area contributed by atoms with Crippen LogP contribution in [-0.4, -0.2) is 74.7 Å². The lowest BCUT2D eigenvalue weighted by Crippen LogP contribution is -2.51. The van der Waals surface area contributed by atoms with Gasteiger partial charge in [-0.05, 0) is 20.9 Å². The molecule has 5 nitrogen and oxygen atoms in total. The number of ether oxygens (including phenoxy) is 1. The fourth-order valence-corrected chi connectivity index (χ4v) is 1.93. The summed E-state index contributed by atoms with van der Waals surface area (Å²) in [6.07, 6.45) is 0.135. The molecule has 0 bridgehead atoms. The molecule has 5 heteroatoms. The molecule has 1 aliphatic heterocycles. The number of nitrogens with zero attached hydrogens (tertiary/aromatic N) is 2. The maximum Gasteiger partial charge on any atom is 0.236 e. The Labute approximate surface area is 104 Å². The van der Waals surface area contributed by atoms with E-state index in [4.69, 9.17) is 4.74 Å². The minimum atomic E-state index is 0.135. The van der Waals surface area contributed by atoms with Crippen LogP contribution in [0.1, 0.15) is 13.8 Å². The van der Waals surface area contributed by atoms with Crippen molar-refractivity contribution in [3.05, 3.63) is 0 Å². The Balaban J connectivity index is 2.38. The van der Waals surface area contributed by atoms with Gasteiger partial charge >= 0.3 is 0 Å². The van der Waals surface area contributed by atoms with E-state index in [2.05, 4.69) is 17.1 Å². The van der Waals surface area contributed by atoms with Crippen LogP contribution in [-0.2, 0) is 9.53 Å². The smallest absolute Gasteiger partial charge is 0.236 e. The van der Waals surface area contributed by atoms with E-state index in [0.29, 0.717) is 6.54 Å². The SMILES string of the molecule is COC(C)C(C)N(C)CC(=O)N1CCNCC1. The Morgan fingerprint density at radius 1 is 1.41 bits per heavy atom. The molecule has 1 rings (SSSR count). The van der Waals surface area contributed by atoms with Crippen LogP contribution in [0, 0.1) is 0 Å². The summed E-state index contributed by atoms with van der Waals surface area (Å²) in [6, 6.07) is 0.242. The first kappa shape index (κ1) is 14.4. The first-order chi connectivity index (χ1) is 8.06. The Hall–Kier alpha value is -0.650. The highest BCUT2D eigenvalue weighted by Gasteiger charge is 2.22. The molecular formula is C12H25N3O2. The zero-order valence-electron chi connectivity index (χ0n) is 11.4. The van der Waals surface area contributed by atoms with Crippen molar-refractivity contribution in [3.8, 4) is 0 Å². The second-order valence-electron chi connectivity index (χ2n) is 4.73. The van der Waals surface area contributed by atoms with E-state index in [0.717, 1.165) is 26.2 Å². The van der Waals surface area contributed by atoms with Crippen LogP contribution < -0.4 is 5.32 Å². The second kappa shape index (κ2) is 6.93. The van der Waals surface area contributed by atoms with Gasteiger partial charge in [0.05, 0.1) is 12.6 Å². The molecule has 0 aliphatic carbocycles. The minimum absolute atomic E-state index is 0.135. The van der Waals surface area contributed by atoms with E-state index < -0.39 is 0 Å². The third-order valence-corrected chi connectivity index (χ3v) is 3.60. The zero-order valence-corrected chi connectivity index (χ0v) is 11.4. The molecule has 0 aromatic carbocycles. The number of piperazine rings is 1. The van der Waals surface area contributed by atoms with Gasteiger partial charge in [-0.2, -0.15) is 0 Å². The monoisotopic (exact) mass is 243 g/mol. The summed E-state index contributed by atoms with van der Waals surface area (Å²) < 4.78 is 5.28. The number of nitrogens with one attached hydrogen (secondary N) is 1. The van der Waals surface area contributed by atoms with Crippen molar-refractivity contribution in [1.29, 1.82) is 0 Å². The summed E-state index contributed by atoms with van der Waals surface area (Å²) in [5, 5.41) is 3.25. The molecule has 100 valence electrons. The Kier molecular flexibility index (Phi) is 5.88. The average Bonchev–Trinajstić information content (AvgIpc) is 2.37. The Morgan fingerprint density at radius 2 is 2.00 bits per heavy atom. The highest BCUT2D eigenvalue weighted by atomic mass is 16.5. The fourth-order valence-electron chi connectivity index (χ4n) is 1.93. The van der Waals surface area contributed by atoms with E-state index in [1.807, 2.05) is 18.9 Å². The molecule has 1 heterocycles. The first-order valence-electron chi connectivity index (χ1n) is 6.27. The lowest BCUT2D eigenvalue weighted by atomic mass is 10.2. The number of methoxy groups -OCH3 is 1. The summed E-state index contributed by atoms with van der Waals surface area (Å²) >= 11 is 0. The molecule has 2 atom stereocenters. The number of hydrogen-bond donors (Lipinski definition) is 1. The molecule has 0 aromatic heterocycles. The summed E-state index contributed by atoms with van der Waals surface area (Å²) in [5.41, 5.74) is 0. The van der Waals surface area contributed by atoms with Gasteiger partial charge in [0.2, 0.25) is 5.91 Å². The molecule has 1 N–H and O–H groups in total. The maximum atomic E-state index is 12.0. The third-order valence-electron chi connectivity index (χ3n) is 3.60. The molecule has 17 heavy (non-hydrogen) atoms. The van der Waals surface area contributed by atoms with Crippen molar-refractivity contribution in [2.75, 3.05) is 46.9 Å². The van der Waals surface area contributed by atoms with Crippen molar-refractivity contribution in [2.24, 2.45) is 0 Å². The van der Waals surface area contributed by atoms with Crippen molar-refractivity contribution >= 4 is 5.91 Å². The van der Waals surface area contributed by atoms with E-state index in [-0.39, 0.29) is 18.1 Å². The van der Waals surface area contributed by atoms with Gasteiger partial charge in [-0.3, -0.25) is 9.69 Å². The summed E-state index contributed by atoms with van der Waals surface area (Å²) in [4.78, 5) is 16.0. The van der Waals surface area contributed by atoms with Crippen LogP contribution in [0.3, 0.4) is 0 Å². The average molecular weight is 243 g/mol. The Bertz CT molecular complexity index is 242. The minimum Gasteiger partial charge on any atom is -0.380 e. The van der Waals surface area contributed by atoms with E-state index in [1.165, 1.54) is 0 Å². The quantitative estimate of drug-likeness (QED) is 0.725. The van der Waals surface area contributed by atoms with Gasteiger partial charge in [-0.15, -0.1) is 0 Å². The number of carbonyl (C=O) groups is 1. The largest absolute Gasteiger partial charge is 0.380 e. The van der Waals surface area contributed by atoms with Crippen molar-refractivity contribution in [1.82, 2.24) is 15.1 Å². The van der Waals surface area contributed by atoms with Gasteiger partial charge in [-0.1, -0.05) is 0 Å². The third kappa shape index (κ3) is 4.26. The molecular weight excluding hydrogens is 218 g/mol. The number of carbonyl (C=O) groups excluding carboxylic acids is 1. The summed E-state index contributed by atoms with van der Waals surface area (Å²) in [5.74, 6) is 0.212. The molecule has 2 unspecified atom stereocenters. The summed E-state index contributed by atoms with van der Waals surface area (Å²) in [6.45, 7) is 8.02. The lowest BCUT2D eigenvalue weighted by molar-refractivity contribution is -0.133. The van der Waals surface area contributed by atoms with Gasteiger partial charge in [0.15, 0.2) is 0 Å². The number of likely N-dealkylation sites (N-methyl/N-ethyl adjacent to an activating group) is 1. The van der Waals surface area contributed by atoms with Gasteiger partial charge < -0.3 is 15.0 Å². The first-order valence-corrected chi connectivity index (χ1v) is 6.27. The molecule has 1 aliphatic rings. The van der Waals surface area contributed by atoms with E-state index in [9.17, 15) is 4.79 Å². The number of rotatable bonds is 5. The highest BCUT2D eigenvalue weighted by molar-refractivity contribution is 5.78. The van der Waals surface area contributed by atoms with Crippen molar-refractivity contribution in [2.45, 2.75) is 26.0 Å². The fraction of sp³-hybridized carbons (Fsp3) is 0.917. The molecule has 1 amide bonds. The normalized spacial score (nSPS) is 20.4. The number of amides is 1. The molecule has 0 radical (unpaired) electrons. The number of hydrogen-bond acceptors (Lipinski definition) is 4. The van der Waals surface area contributed by atoms with Gasteiger partial charge in [0, 0.05) is 39.3 Å². The predicted octanol–water partition coefficient (Wildman–Crippen LogP) is -0.227. The van der Waals surface area contributed by atoms with E-state index in [1.54, 1.807) is 7.11 Å². The molecule has 0 spiro atoms. The van der Waals surface area contributed by atoms with Crippen molar-refractivity contribution < 1.29 is 9.53 Å². The van der Waals surface area contributed by atoms with Crippen LogP contribution in [0.25, 0.3) is 0 Å². The van der Waals surface area contributed by atoms with Crippen LogP contribution in [0.2, 0.25) is 0 Å². The molecule has 0 saturated carbocycles. The lowest BCUT2D eigenvalue weighted by Gasteiger charge is -2.32. The van der Waals surface area contributed by atoms with Crippen molar-refractivity contribution in [3.63, 3.8) is 0 Å². The summed E-state index contributed by atoms with van der Waals surface area (Å²) in [7, 11) is 3.67. The van der Waals surface area contributed by atoms with Crippen LogP contribution in [0.4, 0.5) is 0 Å². The molecule has 1 saturated heterocycles.